The average molecular weight is 1170 g/mol. The van der Waals surface area contributed by atoms with Crippen molar-refractivity contribution < 1.29 is 37.6 Å². The van der Waals surface area contributed by atoms with E-state index in [1.807, 2.05) is 0 Å². The van der Waals surface area contributed by atoms with E-state index in [1.54, 1.807) is 0 Å². The van der Waals surface area contributed by atoms with Crippen LogP contribution in [0.1, 0.15) is 367 Å². The van der Waals surface area contributed by atoms with E-state index in [9.17, 15) is 19.0 Å². The first-order valence-electron chi connectivity index (χ1n) is 35.6. The number of hydrogen-bond acceptors (Lipinski definition) is 8. The molecule has 9 nitrogen and oxygen atoms in total. The van der Waals surface area contributed by atoms with Crippen molar-refractivity contribution >= 4 is 19.8 Å². The first-order valence-corrected chi connectivity index (χ1v) is 37.1. The van der Waals surface area contributed by atoms with E-state index in [0.29, 0.717) is 6.42 Å². The van der Waals surface area contributed by atoms with Crippen LogP contribution in [-0.2, 0) is 32.7 Å². The summed E-state index contributed by atoms with van der Waals surface area (Å²) in [6.45, 7) is 3.70. The van der Waals surface area contributed by atoms with Crippen LogP contribution >= 0.6 is 7.82 Å². The van der Waals surface area contributed by atoms with Gasteiger partial charge in [-0.15, -0.1) is 0 Å². The van der Waals surface area contributed by atoms with Gasteiger partial charge in [-0.3, -0.25) is 18.6 Å². The fraction of sp³-hybridized carbons (Fsp3) is 0.861. The Bertz CT molecular complexity index is 1480. The predicted molar refractivity (Wildman–Crippen MR) is 353 cm³/mol. The van der Waals surface area contributed by atoms with Crippen LogP contribution in [0.2, 0.25) is 0 Å². The number of ether oxygens (including phenoxy) is 2. The highest BCUT2D eigenvalue weighted by Gasteiger charge is 2.26. The molecular weight excluding hydrogens is 1040 g/mol. The van der Waals surface area contributed by atoms with Gasteiger partial charge in [0.2, 0.25) is 0 Å². The number of carbonyl (C=O) groups excluding carboxylic acids is 2. The first kappa shape index (κ1) is 80.0. The number of rotatable bonds is 68. The highest BCUT2D eigenvalue weighted by Crippen LogP contribution is 2.43. The number of phosphoric ester groups is 1. The molecule has 0 aliphatic rings. The second-order valence-electron chi connectivity index (χ2n) is 24.1. The van der Waals surface area contributed by atoms with Gasteiger partial charge in [-0.2, -0.15) is 0 Å². The zero-order valence-corrected chi connectivity index (χ0v) is 55.1. The van der Waals surface area contributed by atoms with Gasteiger partial charge < -0.3 is 20.1 Å². The molecule has 0 aromatic carbocycles. The van der Waals surface area contributed by atoms with Gasteiger partial charge >= 0.3 is 19.8 Å². The molecule has 0 aliphatic carbocycles. The van der Waals surface area contributed by atoms with Crippen molar-refractivity contribution in [1.29, 1.82) is 0 Å². The van der Waals surface area contributed by atoms with Gasteiger partial charge in [0.1, 0.15) is 6.61 Å². The largest absolute Gasteiger partial charge is 0.472 e. The predicted octanol–water partition coefficient (Wildman–Crippen LogP) is 23.3. The zero-order valence-electron chi connectivity index (χ0n) is 54.2. The topological polar surface area (TPSA) is 134 Å². The quantitative estimate of drug-likeness (QED) is 0.0264. The summed E-state index contributed by atoms with van der Waals surface area (Å²) in [5.74, 6) is -0.809. The van der Waals surface area contributed by atoms with Crippen LogP contribution in [0.4, 0.5) is 0 Å². The Labute approximate surface area is 508 Å². The Hall–Kier alpha value is -2.03. The standard InChI is InChI=1S/C72H136NO8P/c1-3-5-7-9-11-13-15-17-19-21-23-25-27-29-31-32-33-34-35-36-37-39-40-42-44-46-48-50-52-54-56-58-60-62-64-71(74)78-68-70(69-80-82(76,77)79-67-66-73)81-72(75)65-63-61-59-57-55-53-51-49-47-45-43-41-38-30-28-26-24-22-20-18-16-14-12-10-8-6-4-2/h6,8,12,14,18,20,24,26,70H,3-5,7,9-11,13,15-17,19,21-23,25,27-69,73H2,1-2H3,(H,76,77)/b8-6-,14-12-,20-18-,26-24-. The molecule has 0 amide bonds. The number of esters is 2. The van der Waals surface area contributed by atoms with E-state index in [4.69, 9.17) is 24.3 Å². The van der Waals surface area contributed by atoms with Crippen molar-refractivity contribution in [2.24, 2.45) is 5.73 Å². The normalized spacial score (nSPS) is 13.2. The maximum Gasteiger partial charge on any atom is 0.472 e. The lowest BCUT2D eigenvalue weighted by atomic mass is 10.0. The molecule has 0 bridgehead atoms. The van der Waals surface area contributed by atoms with E-state index < -0.39 is 26.5 Å². The molecule has 0 aromatic heterocycles. The Kier molecular flexibility index (Phi) is 66.4. The molecule has 0 aromatic rings. The van der Waals surface area contributed by atoms with Crippen LogP contribution in [0.15, 0.2) is 48.6 Å². The maximum absolute atomic E-state index is 12.8. The third-order valence-corrected chi connectivity index (χ3v) is 17.0. The third kappa shape index (κ3) is 67.1. The smallest absolute Gasteiger partial charge is 0.462 e. The van der Waals surface area contributed by atoms with Crippen LogP contribution in [0.25, 0.3) is 0 Å². The molecule has 0 spiro atoms. The summed E-state index contributed by atoms with van der Waals surface area (Å²) in [6.07, 6.45) is 86.5. The summed E-state index contributed by atoms with van der Waals surface area (Å²) in [4.78, 5) is 35.4. The van der Waals surface area contributed by atoms with E-state index in [1.165, 1.54) is 270 Å². The van der Waals surface area contributed by atoms with Gasteiger partial charge in [0.15, 0.2) is 6.10 Å². The second kappa shape index (κ2) is 68.1. The molecule has 3 N–H and O–H groups in total. The second-order valence-corrected chi connectivity index (χ2v) is 25.5. The Morgan fingerprint density at radius 3 is 1.00 bits per heavy atom. The van der Waals surface area contributed by atoms with Crippen LogP contribution in [0.3, 0.4) is 0 Å². The lowest BCUT2D eigenvalue weighted by molar-refractivity contribution is -0.161. The highest BCUT2D eigenvalue weighted by atomic mass is 31.2. The lowest BCUT2D eigenvalue weighted by Gasteiger charge is -2.19. The van der Waals surface area contributed by atoms with Crippen LogP contribution in [0, 0.1) is 0 Å². The van der Waals surface area contributed by atoms with E-state index in [2.05, 4.69) is 62.5 Å². The first-order chi connectivity index (χ1) is 40.3. The van der Waals surface area contributed by atoms with E-state index in [0.717, 1.165) is 64.2 Å². The molecule has 82 heavy (non-hydrogen) atoms. The van der Waals surface area contributed by atoms with Gasteiger partial charge in [0.25, 0.3) is 0 Å². The molecule has 0 aliphatic heterocycles. The van der Waals surface area contributed by atoms with Gasteiger partial charge in [0, 0.05) is 19.4 Å². The van der Waals surface area contributed by atoms with Crippen LogP contribution < -0.4 is 5.73 Å². The zero-order chi connectivity index (χ0) is 59.4. The number of hydrogen-bond donors (Lipinski definition) is 2. The van der Waals surface area contributed by atoms with E-state index in [-0.39, 0.29) is 38.6 Å². The number of phosphoric acid groups is 1. The maximum atomic E-state index is 12.8. The van der Waals surface area contributed by atoms with Gasteiger partial charge in [-0.25, -0.2) is 4.57 Å². The van der Waals surface area contributed by atoms with Crippen molar-refractivity contribution in [2.45, 2.75) is 373 Å². The molecule has 10 heteroatoms. The molecular formula is C72H136NO8P. The molecule has 0 fully saturated rings. The summed E-state index contributed by atoms with van der Waals surface area (Å²) < 4.78 is 33.2. The van der Waals surface area contributed by atoms with Crippen molar-refractivity contribution in [3.8, 4) is 0 Å². The van der Waals surface area contributed by atoms with E-state index >= 15 is 0 Å². The summed E-state index contributed by atoms with van der Waals surface area (Å²) in [5.41, 5.74) is 5.40. The number of allylic oxidation sites excluding steroid dienone is 8. The molecule has 2 unspecified atom stereocenters. The fourth-order valence-corrected chi connectivity index (χ4v) is 11.5. The van der Waals surface area contributed by atoms with Gasteiger partial charge in [-0.05, 0) is 51.4 Å². The number of nitrogens with two attached hydrogens (primary N) is 1. The van der Waals surface area contributed by atoms with Crippen molar-refractivity contribution in [3.63, 3.8) is 0 Å². The van der Waals surface area contributed by atoms with Crippen molar-refractivity contribution in [2.75, 3.05) is 26.4 Å². The Morgan fingerprint density at radius 1 is 0.378 bits per heavy atom. The SMILES string of the molecule is CC/C=C\C/C=C\C/C=C\C/C=C\CCCCCCCCCCCCCCCCC(=O)OC(COC(=O)CCCCCCCCCCCCCCCCCCCCCCCCCCCCCCCCCCCC)COP(=O)(O)OCCN. The third-order valence-electron chi connectivity index (χ3n) is 16.0. The van der Waals surface area contributed by atoms with Crippen molar-refractivity contribution in [3.05, 3.63) is 48.6 Å². The monoisotopic (exact) mass is 1170 g/mol. The summed E-state index contributed by atoms with van der Waals surface area (Å²) >= 11 is 0. The molecule has 2 atom stereocenters. The number of unbranched alkanes of at least 4 members (excludes halogenated alkanes) is 47. The molecule has 0 rings (SSSR count). The summed E-state index contributed by atoms with van der Waals surface area (Å²) in [6, 6.07) is 0. The minimum Gasteiger partial charge on any atom is -0.462 e. The van der Waals surface area contributed by atoms with Gasteiger partial charge in [0.05, 0.1) is 13.2 Å². The minimum absolute atomic E-state index is 0.0546. The summed E-state index contributed by atoms with van der Waals surface area (Å²) in [7, 11) is -4.39. The summed E-state index contributed by atoms with van der Waals surface area (Å²) in [5, 5.41) is 0. The minimum atomic E-state index is -4.39. The molecule has 0 saturated heterocycles. The highest BCUT2D eigenvalue weighted by molar-refractivity contribution is 7.47. The molecule has 0 heterocycles. The fourth-order valence-electron chi connectivity index (χ4n) is 10.8. The average Bonchev–Trinajstić information content (AvgIpc) is 3.49. The lowest BCUT2D eigenvalue weighted by Crippen LogP contribution is -2.29. The van der Waals surface area contributed by atoms with Gasteiger partial charge in [-0.1, -0.05) is 351 Å². The Balaban J connectivity index is 3.80. The molecule has 0 radical (unpaired) electrons. The van der Waals surface area contributed by atoms with Crippen molar-refractivity contribution in [1.82, 2.24) is 0 Å². The number of carbonyl (C=O) groups is 2. The van der Waals surface area contributed by atoms with Crippen LogP contribution in [-0.4, -0.2) is 49.3 Å². The molecule has 482 valence electrons. The Morgan fingerprint density at radius 2 is 0.671 bits per heavy atom. The van der Waals surface area contributed by atoms with Crippen LogP contribution in [0.5, 0.6) is 0 Å². The molecule has 0 saturated carbocycles.